The van der Waals surface area contributed by atoms with Crippen LogP contribution in [0.15, 0.2) is 36.9 Å². The first kappa shape index (κ1) is 11.0. The predicted molar refractivity (Wildman–Crippen MR) is 64.6 cm³/mol. The molecule has 0 amide bonds. The van der Waals surface area contributed by atoms with Gasteiger partial charge in [0, 0.05) is 25.0 Å². The number of anilines is 1. The van der Waals surface area contributed by atoms with Gasteiger partial charge in [-0.05, 0) is 19.1 Å². The number of pyridine rings is 1. The molecule has 0 aliphatic rings. The number of imidazole rings is 1. The van der Waals surface area contributed by atoms with E-state index in [0.29, 0.717) is 5.15 Å². The van der Waals surface area contributed by atoms with E-state index in [2.05, 4.69) is 22.2 Å². The van der Waals surface area contributed by atoms with E-state index in [1.54, 1.807) is 18.6 Å². The zero-order chi connectivity index (χ0) is 11.4. The van der Waals surface area contributed by atoms with Crippen molar-refractivity contribution in [2.75, 3.05) is 5.32 Å². The fourth-order valence-corrected chi connectivity index (χ4v) is 1.66. The summed E-state index contributed by atoms with van der Waals surface area (Å²) in [5, 5.41) is 3.78. The Kier molecular flexibility index (Phi) is 3.41. The fraction of sp³-hybridized carbons (Fsp3) is 0.273. The number of hydrogen-bond acceptors (Lipinski definition) is 3. The third-order valence-electron chi connectivity index (χ3n) is 2.15. The fourth-order valence-electron chi connectivity index (χ4n) is 1.50. The van der Waals surface area contributed by atoms with Gasteiger partial charge in [0.05, 0.1) is 6.33 Å². The second-order valence-corrected chi connectivity index (χ2v) is 4.04. The summed E-state index contributed by atoms with van der Waals surface area (Å²) in [5.74, 6) is 0.792. The van der Waals surface area contributed by atoms with Gasteiger partial charge in [-0.15, -0.1) is 0 Å². The average molecular weight is 237 g/mol. The summed E-state index contributed by atoms with van der Waals surface area (Å²) in [7, 11) is 0. The molecule has 0 aliphatic heterocycles. The number of nitrogens with zero attached hydrogens (tertiary/aromatic N) is 3. The molecule has 2 aromatic rings. The highest BCUT2D eigenvalue weighted by atomic mass is 35.5. The van der Waals surface area contributed by atoms with Crippen LogP contribution in [0.3, 0.4) is 0 Å². The van der Waals surface area contributed by atoms with Gasteiger partial charge in [-0.3, -0.25) is 0 Å². The smallest absolute Gasteiger partial charge is 0.131 e. The van der Waals surface area contributed by atoms with Gasteiger partial charge < -0.3 is 9.88 Å². The third kappa shape index (κ3) is 2.97. The predicted octanol–water partition coefficient (Wildman–Crippen LogP) is 2.43. The Morgan fingerprint density at radius 3 is 3.06 bits per heavy atom. The standard InChI is InChI=1S/C11H13ClN4/c1-9(7-16-6-5-13-8-16)14-11-4-2-3-10(12)15-11/h2-6,8-9H,7H2,1H3,(H,14,15). The Labute approximate surface area is 99.3 Å². The van der Waals surface area contributed by atoms with Crippen molar-refractivity contribution >= 4 is 17.4 Å². The Balaban J connectivity index is 1.94. The SMILES string of the molecule is CC(Cn1ccnc1)Nc1cccc(Cl)n1. The van der Waals surface area contributed by atoms with Crippen LogP contribution in [-0.2, 0) is 6.54 Å². The molecule has 1 N–H and O–H groups in total. The Bertz CT molecular complexity index is 441. The summed E-state index contributed by atoms with van der Waals surface area (Å²) in [6, 6.07) is 5.80. The molecular formula is C11H13ClN4. The zero-order valence-corrected chi connectivity index (χ0v) is 9.72. The second-order valence-electron chi connectivity index (χ2n) is 3.65. The molecule has 0 aliphatic carbocycles. The van der Waals surface area contributed by atoms with E-state index in [9.17, 15) is 0 Å². The minimum absolute atomic E-state index is 0.264. The summed E-state index contributed by atoms with van der Waals surface area (Å²) < 4.78 is 2.02. The maximum atomic E-state index is 5.80. The Morgan fingerprint density at radius 2 is 2.38 bits per heavy atom. The minimum Gasteiger partial charge on any atom is -0.366 e. The number of hydrogen-bond donors (Lipinski definition) is 1. The maximum Gasteiger partial charge on any atom is 0.131 e. The lowest BCUT2D eigenvalue weighted by Crippen LogP contribution is -2.21. The van der Waals surface area contributed by atoms with Crippen LogP contribution in [0.5, 0.6) is 0 Å². The van der Waals surface area contributed by atoms with Gasteiger partial charge in [-0.1, -0.05) is 17.7 Å². The van der Waals surface area contributed by atoms with Crippen molar-refractivity contribution in [2.45, 2.75) is 19.5 Å². The van der Waals surface area contributed by atoms with Crippen molar-refractivity contribution in [3.63, 3.8) is 0 Å². The topological polar surface area (TPSA) is 42.7 Å². The van der Waals surface area contributed by atoms with Crippen LogP contribution in [0, 0.1) is 0 Å². The van der Waals surface area contributed by atoms with Crippen LogP contribution in [0.1, 0.15) is 6.92 Å². The molecule has 0 fully saturated rings. The maximum absolute atomic E-state index is 5.80. The molecule has 1 unspecified atom stereocenters. The lowest BCUT2D eigenvalue weighted by atomic mass is 10.3. The van der Waals surface area contributed by atoms with E-state index >= 15 is 0 Å². The van der Waals surface area contributed by atoms with Crippen LogP contribution >= 0.6 is 11.6 Å². The van der Waals surface area contributed by atoms with E-state index in [1.807, 2.05) is 22.9 Å². The lowest BCUT2D eigenvalue weighted by Gasteiger charge is -2.14. The molecule has 84 valence electrons. The van der Waals surface area contributed by atoms with Crippen LogP contribution in [0.25, 0.3) is 0 Å². The second kappa shape index (κ2) is 4.99. The molecule has 0 aromatic carbocycles. The van der Waals surface area contributed by atoms with Crippen LogP contribution in [0.4, 0.5) is 5.82 Å². The minimum atomic E-state index is 0.264. The summed E-state index contributed by atoms with van der Waals surface area (Å²) in [6.45, 7) is 2.93. The van der Waals surface area contributed by atoms with Gasteiger partial charge in [0.25, 0.3) is 0 Å². The number of halogens is 1. The zero-order valence-electron chi connectivity index (χ0n) is 8.97. The highest BCUT2D eigenvalue weighted by Gasteiger charge is 2.03. The number of nitrogens with one attached hydrogen (secondary N) is 1. The molecule has 4 nitrogen and oxygen atoms in total. The number of aromatic nitrogens is 3. The highest BCUT2D eigenvalue weighted by molar-refractivity contribution is 6.29. The van der Waals surface area contributed by atoms with Gasteiger partial charge in [-0.2, -0.15) is 0 Å². The van der Waals surface area contributed by atoms with E-state index in [0.717, 1.165) is 12.4 Å². The van der Waals surface area contributed by atoms with Crippen molar-refractivity contribution < 1.29 is 0 Å². The van der Waals surface area contributed by atoms with Crippen molar-refractivity contribution in [2.24, 2.45) is 0 Å². The lowest BCUT2D eigenvalue weighted by molar-refractivity contribution is 0.617. The molecule has 2 aromatic heterocycles. The first-order valence-corrected chi connectivity index (χ1v) is 5.46. The van der Waals surface area contributed by atoms with Gasteiger partial charge in [0.2, 0.25) is 0 Å². The molecule has 1 atom stereocenters. The van der Waals surface area contributed by atoms with Crippen LogP contribution < -0.4 is 5.32 Å². The molecule has 2 heterocycles. The Morgan fingerprint density at radius 1 is 1.50 bits per heavy atom. The summed E-state index contributed by atoms with van der Waals surface area (Å²) in [4.78, 5) is 8.17. The Hall–Kier alpha value is -1.55. The van der Waals surface area contributed by atoms with Crippen molar-refractivity contribution in [3.8, 4) is 0 Å². The summed E-state index contributed by atoms with van der Waals surface area (Å²) in [5.41, 5.74) is 0. The van der Waals surface area contributed by atoms with E-state index in [-0.39, 0.29) is 6.04 Å². The van der Waals surface area contributed by atoms with E-state index in [4.69, 9.17) is 11.6 Å². The monoisotopic (exact) mass is 236 g/mol. The van der Waals surface area contributed by atoms with Crippen LogP contribution in [-0.4, -0.2) is 20.6 Å². The van der Waals surface area contributed by atoms with Crippen molar-refractivity contribution in [1.29, 1.82) is 0 Å². The molecule has 16 heavy (non-hydrogen) atoms. The molecule has 0 radical (unpaired) electrons. The summed E-state index contributed by atoms with van der Waals surface area (Å²) >= 11 is 5.80. The number of rotatable bonds is 4. The van der Waals surface area contributed by atoms with Gasteiger partial charge >= 0.3 is 0 Å². The van der Waals surface area contributed by atoms with Gasteiger partial charge in [0.1, 0.15) is 11.0 Å². The first-order valence-electron chi connectivity index (χ1n) is 5.09. The molecule has 0 saturated carbocycles. The van der Waals surface area contributed by atoms with Crippen molar-refractivity contribution in [3.05, 3.63) is 42.1 Å². The van der Waals surface area contributed by atoms with Gasteiger partial charge in [-0.25, -0.2) is 9.97 Å². The van der Waals surface area contributed by atoms with Crippen LogP contribution in [0.2, 0.25) is 5.15 Å². The largest absolute Gasteiger partial charge is 0.366 e. The molecule has 5 heteroatoms. The normalized spacial score (nSPS) is 12.4. The average Bonchev–Trinajstić information content (AvgIpc) is 2.70. The third-order valence-corrected chi connectivity index (χ3v) is 2.36. The quantitative estimate of drug-likeness (QED) is 0.830. The highest BCUT2D eigenvalue weighted by Crippen LogP contribution is 2.10. The molecule has 0 bridgehead atoms. The van der Waals surface area contributed by atoms with Crippen molar-refractivity contribution in [1.82, 2.24) is 14.5 Å². The molecular weight excluding hydrogens is 224 g/mol. The first-order chi connectivity index (χ1) is 7.74. The van der Waals surface area contributed by atoms with E-state index < -0.39 is 0 Å². The van der Waals surface area contributed by atoms with Gasteiger partial charge in [0.15, 0.2) is 0 Å². The summed E-state index contributed by atoms with van der Waals surface area (Å²) in [6.07, 6.45) is 5.50. The molecule has 0 spiro atoms. The molecule has 0 saturated heterocycles. The molecule has 2 rings (SSSR count). The van der Waals surface area contributed by atoms with E-state index in [1.165, 1.54) is 0 Å².